The Morgan fingerprint density at radius 2 is 1.86 bits per heavy atom. The van der Waals surface area contributed by atoms with Gasteiger partial charge in [-0.25, -0.2) is 25.9 Å². The second-order valence-electron chi connectivity index (χ2n) is 6.55. The van der Waals surface area contributed by atoms with Crippen LogP contribution in [-0.4, -0.2) is 83.8 Å². The summed E-state index contributed by atoms with van der Waals surface area (Å²) in [5.41, 5.74) is 0.0740. The molecular weight excluding hydrogens is 409 g/mol. The second kappa shape index (κ2) is 9.12. The van der Waals surface area contributed by atoms with Gasteiger partial charge in [0.15, 0.2) is 0 Å². The average Bonchev–Trinajstić information content (AvgIpc) is 2.64. The van der Waals surface area contributed by atoms with Crippen LogP contribution < -0.4 is 4.72 Å². The number of rotatable bonds is 8. The molecule has 8 nitrogen and oxygen atoms in total. The molecule has 28 heavy (non-hydrogen) atoms. The minimum Gasteiger partial charge on any atom is -0.336 e. The van der Waals surface area contributed by atoms with Gasteiger partial charge in [-0.15, -0.1) is 6.58 Å². The molecule has 0 atom stereocenters. The minimum atomic E-state index is -4.10. The van der Waals surface area contributed by atoms with Crippen molar-refractivity contribution in [3.63, 3.8) is 0 Å². The number of sulfonamides is 1. The van der Waals surface area contributed by atoms with Crippen molar-refractivity contribution in [2.24, 2.45) is 0 Å². The number of sulfone groups is 1. The molecule has 1 aliphatic rings. The van der Waals surface area contributed by atoms with Crippen molar-refractivity contribution >= 4 is 25.8 Å². The lowest BCUT2D eigenvalue weighted by Gasteiger charge is -2.34. The third-order valence-corrected chi connectivity index (χ3v) is 6.69. The van der Waals surface area contributed by atoms with E-state index in [0.29, 0.717) is 32.7 Å². The van der Waals surface area contributed by atoms with Gasteiger partial charge in [-0.05, 0) is 18.2 Å². The maximum absolute atomic E-state index is 14.0. The van der Waals surface area contributed by atoms with Crippen molar-refractivity contribution in [1.29, 1.82) is 0 Å². The Bertz CT molecular complexity index is 940. The fourth-order valence-electron chi connectivity index (χ4n) is 2.74. The summed E-state index contributed by atoms with van der Waals surface area (Å²) < 4.78 is 63.1. The van der Waals surface area contributed by atoms with E-state index in [2.05, 4.69) is 11.3 Å². The van der Waals surface area contributed by atoms with Crippen LogP contribution >= 0.6 is 0 Å². The molecule has 0 aromatic heterocycles. The van der Waals surface area contributed by atoms with Crippen molar-refractivity contribution < 1.29 is 26.0 Å². The van der Waals surface area contributed by atoms with Crippen LogP contribution in [-0.2, 0) is 19.9 Å². The number of amides is 1. The summed E-state index contributed by atoms with van der Waals surface area (Å²) >= 11 is 0. The van der Waals surface area contributed by atoms with Crippen LogP contribution in [0.3, 0.4) is 0 Å². The second-order valence-corrected chi connectivity index (χ2v) is 10.5. The number of hydrogen-bond acceptors (Lipinski definition) is 6. The fourth-order valence-corrected chi connectivity index (χ4v) is 4.43. The first-order valence-corrected chi connectivity index (χ1v) is 12.2. The van der Waals surface area contributed by atoms with E-state index in [-0.39, 0.29) is 17.9 Å². The molecule has 156 valence electrons. The third-order valence-electron chi connectivity index (χ3n) is 4.32. The first-order valence-electron chi connectivity index (χ1n) is 8.63. The van der Waals surface area contributed by atoms with Gasteiger partial charge in [-0.1, -0.05) is 6.08 Å². The fraction of sp³-hybridized carbons (Fsp3) is 0.471. The zero-order valence-corrected chi connectivity index (χ0v) is 17.2. The number of hydrogen-bond donors (Lipinski definition) is 1. The maximum Gasteiger partial charge on any atom is 0.253 e. The topological polar surface area (TPSA) is 104 Å². The van der Waals surface area contributed by atoms with Gasteiger partial charge in [0.2, 0.25) is 10.0 Å². The standard InChI is InChI=1S/C17H24FN3O5S2/c1-3-6-19-28(25,26)16-13-14(4-5-15(16)18)17(22)21-9-7-20(8-10-21)11-12-27(2,23)24/h3-5,13,19H,1,6-12H2,2H3. The normalized spacial score (nSPS) is 16.1. The third kappa shape index (κ3) is 6.09. The van der Waals surface area contributed by atoms with Gasteiger partial charge in [0.1, 0.15) is 20.5 Å². The van der Waals surface area contributed by atoms with Crippen LogP contribution in [0.25, 0.3) is 0 Å². The molecule has 1 aromatic rings. The Labute approximate surface area is 165 Å². The molecule has 0 aliphatic carbocycles. The number of benzene rings is 1. The van der Waals surface area contributed by atoms with E-state index in [1.807, 2.05) is 4.90 Å². The SMILES string of the molecule is C=CCNS(=O)(=O)c1cc(C(=O)N2CCN(CCS(C)(=O)=O)CC2)ccc1F. The highest BCUT2D eigenvalue weighted by Gasteiger charge is 2.25. The Morgan fingerprint density at radius 3 is 2.43 bits per heavy atom. The first kappa shape index (κ1) is 22.5. The lowest BCUT2D eigenvalue weighted by Crippen LogP contribution is -2.49. The van der Waals surface area contributed by atoms with Gasteiger partial charge >= 0.3 is 0 Å². The zero-order chi connectivity index (χ0) is 20.9. The summed E-state index contributed by atoms with van der Waals surface area (Å²) in [6, 6.07) is 3.23. The Balaban J connectivity index is 2.07. The van der Waals surface area contributed by atoms with Crippen LogP contribution in [0.2, 0.25) is 0 Å². The van der Waals surface area contributed by atoms with Crippen LogP contribution in [0.1, 0.15) is 10.4 Å². The molecule has 11 heteroatoms. The van der Waals surface area contributed by atoms with E-state index >= 15 is 0 Å². The van der Waals surface area contributed by atoms with E-state index < -0.39 is 36.5 Å². The highest BCUT2D eigenvalue weighted by Crippen LogP contribution is 2.18. The number of nitrogens with zero attached hydrogens (tertiary/aromatic N) is 2. The molecule has 0 saturated carbocycles. The van der Waals surface area contributed by atoms with Gasteiger partial charge in [0.25, 0.3) is 5.91 Å². The molecule has 1 aromatic carbocycles. The summed E-state index contributed by atoms with van der Waals surface area (Å²) in [6.45, 7) is 5.50. The van der Waals surface area contributed by atoms with Crippen molar-refractivity contribution in [3.05, 3.63) is 42.2 Å². The summed E-state index contributed by atoms with van der Waals surface area (Å²) in [7, 11) is -7.15. The van der Waals surface area contributed by atoms with E-state index in [4.69, 9.17) is 0 Å². The van der Waals surface area contributed by atoms with Gasteiger partial charge in [0, 0.05) is 51.1 Å². The Hall–Kier alpha value is -1.82. The average molecular weight is 434 g/mol. The van der Waals surface area contributed by atoms with E-state index in [9.17, 15) is 26.0 Å². The number of carbonyl (C=O) groups is 1. The summed E-state index contributed by atoms with van der Waals surface area (Å²) in [4.78, 5) is 15.6. The monoisotopic (exact) mass is 433 g/mol. The van der Waals surface area contributed by atoms with Crippen LogP contribution in [0, 0.1) is 5.82 Å². The van der Waals surface area contributed by atoms with Crippen LogP contribution in [0.5, 0.6) is 0 Å². The van der Waals surface area contributed by atoms with Gasteiger partial charge < -0.3 is 4.90 Å². The van der Waals surface area contributed by atoms with E-state index in [1.54, 1.807) is 0 Å². The number of carbonyl (C=O) groups excluding carboxylic acids is 1. The Kier molecular flexibility index (Phi) is 7.32. The number of halogens is 1. The van der Waals surface area contributed by atoms with E-state index in [1.165, 1.54) is 23.3 Å². The maximum atomic E-state index is 14.0. The van der Waals surface area contributed by atoms with Crippen molar-refractivity contribution in [2.75, 3.05) is 51.3 Å². The number of nitrogens with one attached hydrogen (secondary N) is 1. The predicted molar refractivity (Wildman–Crippen MR) is 104 cm³/mol. The minimum absolute atomic E-state index is 0.0534. The molecule has 1 amide bonds. The number of piperazine rings is 1. The van der Waals surface area contributed by atoms with Gasteiger partial charge in [-0.2, -0.15) is 0 Å². The van der Waals surface area contributed by atoms with Gasteiger partial charge in [0.05, 0.1) is 5.75 Å². The quantitative estimate of drug-likeness (QED) is 0.583. The molecule has 2 rings (SSSR count). The predicted octanol–water partition coefficient (Wildman–Crippen LogP) is 0.0924. The molecule has 1 heterocycles. The molecule has 1 fully saturated rings. The summed E-state index contributed by atoms with van der Waals surface area (Å²) in [5.74, 6) is -1.29. The van der Waals surface area contributed by atoms with Crippen molar-refractivity contribution in [1.82, 2.24) is 14.5 Å². The zero-order valence-electron chi connectivity index (χ0n) is 15.6. The lowest BCUT2D eigenvalue weighted by atomic mass is 10.1. The molecule has 0 spiro atoms. The smallest absolute Gasteiger partial charge is 0.253 e. The Morgan fingerprint density at radius 1 is 1.21 bits per heavy atom. The molecule has 0 radical (unpaired) electrons. The lowest BCUT2D eigenvalue weighted by molar-refractivity contribution is 0.0643. The largest absolute Gasteiger partial charge is 0.336 e. The molecule has 1 N–H and O–H groups in total. The van der Waals surface area contributed by atoms with E-state index in [0.717, 1.165) is 12.1 Å². The summed E-state index contributed by atoms with van der Waals surface area (Å²) in [6.07, 6.45) is 2.50. The van der Waals surface area contributed by atoms with Crippen LogP contribution in [0.15, 0.2) is 35.7 Å². The molecular formula is C17H24FN3O5S2. The van der Waals surface area contributed by atoms with Crippen molar-refractivity contribution in [3.8, 4) is 0 Å². The highest BCUT2D eigenvalue weighted by molar-refractivity contribution is 7.90. The van der Waals surface area contributed by atoms with Crippen molar-refractivity contribution in [2.45, 2.75) is 4.90 Å². The molecule has 0 bridgehead atoms. The summed E-state index contributed by atoms with van der Waals surface area (Å²) in [5, 5.41) is 0. The first-order chi connectivity index (χ1) is 13.0. The van der Waals surface area contributed by atoms with Gasteiger partial charge in [-0.3, -0.25) is 9.69 Å². The molecule has 1 aliphatic heterocycles. The van der Waals surface area contributed by atoms with Crippen LogP contribution in [0.4, 0.5) is 4.39 Å². The molecule has 1 saturated heterocycles. The highest BCUT2D eigenvalue weighted by atomic mass is 32.2. The molecule has 0 unspecified atom stereocenters.